The normalized spacial score (nSPS) is 10.2. The molecule has 19 heavy (non-hydrogen) atoms. The maximum absolute atomic E-state index is 11.3. The molecule has 0 aliphatic carbocycles. The first kappa shape index (κ1) is 13.6. The fourth-order valence-corrected chi connectivity index (χ4v) is 1.78. The third-order valence-electron chi connectivity index (χ3n) is 2.15. The van der Waals surface area contributed by atoms with Crippen molar-refractivity contribution in [2.75, 3.05) is 0 Å². The lowest BCUT2D eigenvalue weighted by Crippen LogP contribution is -2.09. The molecule has 0 spiro atoms. The molecule has 1 aromatic carbocycles. The molecular weight excluding hydrogens is 339 g/mol. The summed E-state index contributed by atoms with van der Waals surface area (Å²) in [6.45, 7) is 0. The molecule has 0 fully saturated rings. The van der Waals surface area contributed by atoms with Gasteiger partial charge in [0.25, 0.3) is 5.56 Å². The smallest absolute Gasteiger partial charge is 0.339 e. The van der Waals surface area contributed by atoms with Gasteiger partial charge in [-0.15, -0.1) is 0 Å². The van der Waals surface area contributed by atoms with Crippen molar-refractivity contribution in [3.8, 4) is 11.6 Å². The molecule has 0 aliphatic rings. The van der Waals surface area contributed by atoms with Crippen molar-refractivity contribution in [1.82, 2.24) is 9.97 Å². The summed E-state index contributed by atoms with van der Waals surface area (Å²) in [5.41, 5.74) is -0.639. The van der Waals surface area contributed by atoms with Crippen molar-refractivity contribution in [2.24, 2.45) is 0 Å². The Labute approximate surface area is 120 Å². The number of carboxylic acid groups (broad SMARTS) is 1. The molecular formula is C11H6BrClN2O4. The van der Waals surface area contributed by atoms with E-state index in [2.05, 4.69) is 25.9 Å². The lowest BCUT2D eigenvalue weighted by Gasteiger charge is -2.08. The fraction of sp³-hybridized carbons (Fsp3) is 0. The molecule has 98 valence electrons. The number of nitrogens with one attached hydrogen (secondary N) is 1. The summed E-state index contributed by atoms with van der Waals surface area (Å²) in [6.07, 6.45) is 1.11. The minimum Gasteiger partial charge on any atom is -0.478 e. The number of carbonyl (C=O) groups is 1. The Hall–Kier alpha value is -1.86. The van der Waals surface area contributed by atoms with Gasteiger partial charge in [0, 0.05) is 4.47 Å². The third-order valence-corrected chi connectivity index (χ3v) is 2.97. The quantitative estimate of drug-likeness (QED) is 0.892. The number of aromatic carboxylic acids is 1. The van der Waals surface area contributed by atoms with Crippen molar-refractivity contribution >= 4 is 33.5 Å². The van der Waals surface area contributed by atoms with Crippen LogP contribution < -0.4 is 10.3 Å². The molecule has 0 radical (unpaired) electrons. The van der Waals surface area contributed by atoms with Crippen LogP contribution in [0, 0.1) is 0 Å². The first-order chi connectivity index (χ1) is 8.99. The first-order valence-electron chi connectivity index (χ1n) is 4.93. The molecule has 6 nitrogen and oxygen atoms in total. The van der Waals surface area contributed by atoms with E-state index < -0.39 is 11.5 Å². The number of rotatable bonds is 3. The van der Waals surface area contributed by atoms with Gasteiger partial charge >= 0.3 is 5.97 Å². The molecule has 2 aromatic rings. The summed E-state index contributed by atoms with van der Waals surface area (Å²) in [6, 6.07) is 4.37. The zero-order valence-electron chi connectivity index (χ0n) is 9.18. The van der Waals surface area contributed by atoms with Crippen LogP contribution in [0.25, 0.3) is 0 Å². The number of H-pyrrole nitrogens is 1. The van der Waals surface area contributed by atoms with Crippen LogP contribution in [0.1, 0.15) is 10.4 Å². The molecule has 1 aromatic heterocycles. The number of carboxylic acids is 1. The number of aromatic nitrogens is 2. The van der Waals surface area contributed by atoms with Crippen molar-refractivity contribution in [2.45, 2.75) is 0 Å². The van der Waals surface area contributed by atoms with Crippen molar-refractivity contribution in [3.63, 3.8) is 0 Å². The highest BCUT2D eigenvalue weighted by Crippen LogP contribution is 2.29. The number of nitrogens with zero attached hydrogens (tertiary/aromatic N) is 1. The highest BCUT2D eigenvalue weighted by atomic mass is 79.9. The van der Waals surface area contributed by atoms with Gasteiger partial charge in [-0.1, -0.05) is 27.5 Å². The summed E-state index contributed by atoms with van der Waals surface area (Å²) in [7, 11) is 0. The second kappa shape index (κ2) is 5.41. The molecule has 2 N–H and O–H groups in total. The molecule has 0 atom stereocenters. The van der Waals surface area contributed by atoms with Crippen LogP contribution in [0.3, 0.4) is 0 Å². The number of aromatic amines is 1. The van der Waals surface area contributed by atoms with Gasteiger partial charge < -0.3 is 14.8 Å². The van der Waals surface area contributed by atoms with E-state index >= 15 is 0 Å². The molecule has 0 bridgehead atoms. The van der Waals surface area contributed by atoms with Crippen LogP contribution in [-0.2, 0) is 0 Å². The average molecular weight is 346 g/mol. The number of benzene rings is 1. The van der Waals surface area contributed by atoms with Crippen LogP contribution in [0.4, 0.5) is 0 Å². The summed E-state index contributed by atoms with van der Waals surface area (Å²) >= 11 is 8.92. The Morgan fingerprint density at radius 2 is 2.21 bits per heavy atom. The standard InChI is InChI=1S/C11H6BrClN2O4/c12-5-1-2-6(11(17)18)7(3-5)19-10-8(13)9(16)14-4-15-10/h1-4H,(H,17,18)(H,14,15,16). The molecule has 0 unspecified atom stereocenters. The van der Waals surface area contributed by atoms with Gasteiger partial charge in [-0.2, -0.15) is 0 Å². The molecule has 0 saturated carbocycles. The van der Waals surface area contributed by atoms with Crippen molar-refractivity contribution < 1.29 is 14.6 Å². The summed E-state index contributed by atoms with van der Waals surface area (Å²) < 4.78 is 5.91. The zero-order valence-corrected chi connectivity index (χ0v) is 11.5. The van der Waals surface area contributed by atoms with E-state index in [0.717, 1.165) is 6.33 Å². The van der Waals surface area contributed by atoms with Crippen LogP contribution in [-0.4, -0.2) is 21.0 Å². The van der Waals surface area contributed by atoms with E-state index in [-0.39, 0.29) is 22.2 Å². The van der Waals surface area contributed by atoms with Crippen molar-refractivity contribution in [1.29, 1.82) is 0 Å². The highest BCUT2D eigenvalue weighted by molar-refractivity contribution is 9.10. The molecule has 0 amide bonds. The van der Waals surface area contributed by atoms with E-state index in [0.29, 0.717) is 4.47 Å². The van der Waals surface area contributed by atoms with Crippen molar-refractivity contribution in [3.05, 3.63) is 49.9 Å². The van der Waals surface area contributed by atoms with E-state index in [9.17, 15) is 9.59 Å². The van der Waals surface area contributed by atoms with Gasteiger partial charge in [0.15, 0.2) is 5.02 Å². The Morgan fingerprint density at radius 3 is 2.89 bits per heavy atom. The SMILES string of the molecule is O=C(O)c1ccc(Br)cc1Oc1nc[nH]c(=O)c1Cl. The average Bonchev–Trinajstić information content (AvgIpc) is 2.35. The topological polar surface area (TPSA) is 92.3 Å². The summed E-state index contributed by atoms with van der Waals surface area (Å²) in [5.74, 6) is -1.30. The first-order valence-corrected chi connectivity index (χ1v) is 6.10. The van der Waals surface area contributed by atoms with E-state index in [1.54, 1.807) is 6.07 Å². The van der Waals surface area contributed by atoms with E-state index in [1.165, 1.54) is 12.1 Å². The molecule has 0 saturated heterocycles. The molecule has 0 aliphatic heterocycles. The van der Waals surface area contributed by atoms with Gasteiger partial charge in [-0.3, -0.25) is 4.79 Å². The fourth-order valence-electron chi connectivity index (χ4n) is 1.30. The highest BCUT2D eigenvalue weighted by Gasteiger charge is 2.15. The monoisotopic (exact) mass is 344 g/mol. The molecule has 1 heterocycles. The van der Waals surface area contributed by atoms with Gasteiger partial charge in [-0.25, -0.2) is 9.78 Å². The van der Waals surface area contributed by atoms with Gasteiger partial charge in [0.2, 0.25) is 5.88 Å². The van der Waals surface area contributed by atoms with Crippen LogP contribution in [0.2, 0.25) is 5.02 Å². The Morgan fingerprint density at radius 1 is 1.47 bits per heavy atom. The summed E-state index contributed by atoms with van der Waals surface area (Å²) in [5, 5.41) is 8.79. The minimum absolute atomic E-state index is 0.0295. The number of hydrogen-bond acceptors (Lipinski definition) is 4. The predicted octanol–water partition coefficient (Wildman–Crippen LogP) is 2.68. The van der Waals surface area contributed by atoms with Gasteiger partial charge in [-0.05, 0) is 18.2 Å². The maximum atomic E-state index is 11.3. The number of ether oxygens (including phenoxy) is 1. The van der Waals surface area contributed by atoms with Crippen LogP contribution in [0.15, 0.2) is 33.8 Å². The lowest BCUT2D eigenvalue weighted by molar-refractivity contribution is 0.0694. The Balaban J connectivity index is 2.48. The second-order valence-electron chi connectivity index (χ2n) is 3.40. The van der Waals surface area contributed by atoms with Crippen LogP contribution >= 0.6 is 27.5 Å². The largest absolute Gasteiger partial charge is 0.478 e. The molecule has 2 rings (SSSR count). The van der Waals surface area contributed by atoms with E-state index in [1.807, 2.05) is 0 Å². The van der Waals surface area contributed by atoms with Gasteiger partial charge in [0.05, 0.1) is 6.33 Å². The van der Waals surface area contributed by atoms with Gasteiger partial charge in [0.1, 0.15) is 11.3 Å². The second-order valence-corrected chi connectivity index (χ2v) is 4.69. The third kappa shape index (κ3) is 2.94. The number of hydrogen-bond donors (Lipinski definition) is 2. The van der Waals surface area contributed by atoms with Crippen LogP contribution in [0.5, 0.6) is 11.6 Å². The summed E-state index contributed by atoms with van der Waals surface area (Å²) in [4.78, 5) is 28.4. The lowest BCUT2D eigenvalue weighted by atomic mass is 10.2. The number of halogens is 2. The van der Waals surface area contributed by atoms with E-state index in [4.69, 9.17) is 21.4 Å². The predicted molar refractivity (Wildman–Crippen MR) is 71.0 cm³/mol. The Kier molecular flexibility index (Phi) is 3.87. The maximum Gasteiger partial charge on any atom is 0.339 e. The minimum atomic E-state index is -1.16. The Bertz CT molecular complexity index is 701. The molecule has 8 heteroatoms. The zero-order chi connectivity index (χ0) is 14.0.